The van der Waals surface area contributed by atoms with Crippen LogP contribution in [0.25, 0.3) is 0 Å². The van der Waals surface area contributed by atoms with Crippen molar-refractivity contribution in [2.45, 2.75) is 96.5 Å². The lowest BCUT2D eigenvalue weighted by Gasteiger charge is -2.35. The van der Waals surface area contributed by atoms with Crippen molar-refractivity contribution in [1.82, 2.24) is 31.1 Å². The molecule has 2 heterocycles. The van der Waals surface area contributed by atoms with E-state index in [1.807, 2.05) is 39.0 Å². The average molecular weight is 777 g/mol. The number of hydrogen-bond acceptors (Lipinski definition) is 9. The normalized spacial score (nSPS) is 20.3. The Hall–Kier alpha value is -5.31. The minimum absolute atomic E-state index is 0.0130. The second-order valence-electron chi connectivity index (χ2n) is 15.5. The molecule has 2 aromatic rings. The van der Waals surface area contributed by atoms with E-state index in [0.29, 0.717) is 43.8 Å². The number of ketones is 1. The minimum Gasteiger partial charge on any atom is -0.494 e. The van der Waals surface area contributed by atoms with Gasteiger partial charge in [-0.2, -0.15) is 0 Å². The lowest BCUT2D eigenvalue weighted by atomic mass is 9.85. The van der Waals surface area contributed by atoms with Crippen molar-refractivity contribution in [2.75, 3.05) is 40.4 Å². The molecule has 0 radical (unpaired) electrons. The van der Waals surface area contributed by atoms with Crippen LogP contribution in [0.1, 0.15) is 77.0 Å². The van der Waals surface area contributed by atoms with E-state index in [4.69, 9.17) is 9.47 Å². The summed E-state index contributed by atoms with van der Waals surface area (Å²) < 4.78 is 12.0. The Morgan fingerprint density at radius 3 is 2.36 bits per heavy atom. The van der Waals surface area contributed by atoms with E-state index in [1.54, 1.807) is 57.4 Å². The van der Waals surface area contributed by atoms with Gasteiger partial charge in [0.05, 0.1) is 31.7 Å². The van der Waals surface area contributed by atoms with Gasteiger partial charge in [0.1, 0.15) is 23.9 Å². The molecule has 4 N–H and O–H groups in total. The molecule has 0 aromatic heterocycles. The second-order valence-corrected chi connectivity index (χ2v) is 15.5. The van der Waals surface area contributed by atoms with Crippen molar-refractivity contribution in [2.24, 2.45) is 5.41 Å². The van der Waals surface area contributed by atoms with E-state index in [1.165, 1.54) is 9.80 Å². The van der Waals surface area contributed by atoms with Crippen LogP contribution in [-0.4, -0.2) is 116 Å². The smallest absolute Gasteiger partial charge is 0.290 e. The Morgan fingerprint density at radius 1 is 0.964 bits per heavy atom. The summed E-state index contributed by atoms with van der Waals surface area (Å²) in [7, 11) is 3.11. The number of carbonyl (C=O) groups excluding carboxylic acids is 7. The summed E-state index contributed by atoms with van der Waals surface area (Å²) >= 11 is 0. The molecule has 15 heteroatoms. The Morgan fingerprint density at radius 2 is 1.68 bits per heavy atom. The fourth-order valence-corrected chi connectivity index (χ4v) is 6.65. The Balaban J connectivity index is 1.47. The molecule has 2 aliphatic heterocycles. The van der Waals surface area contributed by atoms with Gasteiger partial charge in [0.15, 0.2) is 0 Å². The van der Waals surface area contributed by atoms with E-state index in [0.717, 1.165) is 5.56 Å². The molecule has 1 fully saturated rings. The summed E-state index contributed by atoms with van der Waals surface area (Å²) in [5.41, 5.74) is 0.520. The first-order valence-electron chi connectivity index (χ1n) is 19.2. The average Bonchev–Trinajstić information content (AvgIpc) is 3.59. The quantitative estimate of drug-likeness (QED) is 0.247. The first kappa shape index (κ1) is 43.4. The number of carbonyl (C=O) groups is 7. The maximum atomic E-state index is 14.3. The Labute approximate surface area is 328 Å². The highest BCUT2D eigenvalue weighted by Crippen LogP contribution is 2.28. The topological polar surface area (TPSA) is 193 Å². The molecule has 1 saturated heterocycles. The molecule has 2 aromatic carbocycles. The lowest BCUT2D eigenvalue weighted by Crippen LogP contribution is -2.59. The fourth-order valence-electron chi connectivity index (χ4n) is 6.65. The molecule has 5 atom stereocenters. The molecule has 1 unspecified atom stereocenters. The van der Waals surface area contributed by atoms with Gasteiger partial charge in [-0.1, -0.05) is 76.6 Å². The van der Waals surface area contributed by atoms with Crippen LogP contribution in [0.15, 0.2) is 54.6 Å². The van der Waals surface area contributed by atoms with E-state index >= 15 is 0 Å². The fraction of sp³-hybridized carbons (Fsp3) is 0.537. The predicted molar refractivity (Wildman–Crippen MR) is 207 cm³/mol. The van der Waals surface area contributed by atoms with Gasteiger partial charge in [-0.3, -0.25) is 33.6 Å². The lowest BCUT2D eigenvalue weighted by molar-refractivity contribution is -0.145. The zero-order valence-corrected chi connectivity index (χ0v) is 33.2. The summed E-state index contributed by atoms with van der Waals surface area (Å²) in [5.74, 6) is -3.98. The van der Waals surface area contributed by atoms with Crippen LogP contribution in [-0.2, 0) is 44.7 Å². The number of amides is 6. The van der Waals surface area contributed by atoms with Crippen LogP contribution in [0.5, 0.6) is 5.75 Å². The van der Waals surface area contributed by atoms with Gasteiger partial charge in [-0.05, 0) is 47.9 Å². The number of nitrogens with zero attached hydrogens (tertiary/aromatic N) is 2. The maximum Gasteiger partial charge on any atom is 0.290 e. The summed E-state index contributed by atoms with van der Waals surface area (Å²) in [6.07, 6.45) is 1.56. The summed E-state index contributed by atoms with van der Waals surface area (Å²) in [6.45, 7) is 7.55. The molecule has 2 aliphatic rings. The molecule has 0 spiro atoms. The van der Waals surface area contributed by atoms with E-state index in [9.17, 15) is 33.6 Å². The molecule has 4 rings (SSSR count). The first-order chi connectivity index (χ1) is 26.6. The highest BCUT2D eigenvalue weighted by atomic mass is 16.5. The number of benzene rings is 2. The van der Waals surface area contributed by atoms with Gasteiger partial charge >= 0.3 is 0 Å². The molecule has 304 valence electrons. The zero-order valence-electron chi connectivity index (χ0n) is 33.2. The van der Waals surface area contributed by atoms with Crippen molar-refractivity contribution in [3.05, 3.63) is 65.7 Å². The molecule has 6 amide bonds. The monoisotopic (exact) mass is 776 g/mol. The van der Waals surface area contributed by atoms with E-state index in [-0.39, 0.29) is 37.6 Å². The highest BCUT2D eigenvalue weighted by molar-refractivity contribution is 6.38. The number of hydrogen-bond donors (Lipinski definition) is 4. The number of ether oxygens (including phenoxy) is 2. The van der Waals surface area contributed by atoms with Crippen molar-refractivity contribution in [1.29, 1.82) is 0 Å². The van der Waals surface area contributed by atoms with Crippen molar-refractivity contribution < 1.29 is 43.0 Å². The van der Waals surface area contributed by atoms with Gasteiger partial charge < -0.3 is 40.5 Å². The Bertz CT molecular complexity index is 1730. The third kappa shape index (κ3) is 12.1. The van der Waals surface area contributed by atoms with Crippen molar-refractivity contribution in [3.63, 3.8) is 0 Å². The molecule has 15 nitrogen and oxygen atoms in total. The van der Waals surface area contributed by atoms with E-state index < -0.39 is 71.6 Å². The third-order valence-corrected chi connectivity index (χ3v) is 9.66. The summed E-state index contributed by atoms with van der Waals surface area (Å²) in [5, 5.41) is 10.5. The highest BCUT2D eigenvalue weighted by Gasteiger charge is 2.46. The summed E-state index contributed by atoms with van der Waals surface area (Å²) in [6, 6.07) is 11.5. The zero-order chi connectivity index (χ0) is 41.0. The number of likely N-dealkylation sites (N-methyl/N-ethyl adjacent to an activating group) is 1. The summed E-state index contributed by atoms with van der Waals surface area (Å²) in [4.78, 5) is 96.7. The molecule has 0 aliphatic carbocycles. The van der Waals surface area contributed by atoms with Gasteiger partial charge in [0.25, 0.3) is 5.91 Å². The van der Waals surface area contributed by atoms with Crippen LogP contribution < -0.4 is 26.0 Å². The van der Waals surface area contributed by atoms with Crippen LogP contribution in [0.4, 0.5) is 0 Å². The van der Waals surface area contributed by atoms with Crippen LogP contribution in [0.3, 0.4) is 0 Å². The molecular weight excluding hydrogens is 720 g/mol. The Kier molecular flexibility index (Phi) is 15.5. The third-order valence-electron chi connectivity index (χ3n) is 9.66. The molecular formula is C41H56N6O9. The van der Waals surface area contributed by atoms with Gasteiger partial charge in [-0.15, -0.1) is 0 Å². The molecule has 4 bridgehead atoms. The second kappa shape index (κ2) is 20.0. The van der Waals surface area contributed by atoms with Gasteiger partial charge in [0, 0.05) is 33.7 Å². The minimum atomic E-state index is -1.25. The standard InChI is InChI=1S/C41H56N6O9/c1-7-14-30(35(50)38(52)42-24-33(49)44-34(39(53)46(5)6)27-16-9-8-10-17-27)43-37(51)31-23-29-25-47(31)40(54)36(41(2,3)4)45-32(48)22-26-15-13-18-28(21-26)55-19-11-12-20-56-29/h8-10,13,15-18,21,29-31,34,36H,7,11-12,14,19-20,22-25H2,1-6H3,(H,42,52)(H,43,51)(H,44,49)(H,45,48)/t29-,30?,31+,34+,36+/m1/s1. The maximum absolute atomic E-state index is 14.3. The van der Waals surface area contributed by atoms with Crippen LogP contribution >= 0.6 is 0 Å². The van der Waals surface area contributed by atoms with Crippen molar-refractivity contribution >= 4 is 41.2 Å². The van der Waals surface area contributed by atoms with Crippen molar-refractivity contribution in [3.8, 4) is 5.75 Å². The number of Topliss-reactive ketones (excluding diaryl/α,β-unsaturated/α-hetero) is 1. The first-order valence-corrected chi connectivity index (χ1v) is 19.2. The van der Waals surface area contributed by atoms with E-state index in [2.05, 4.69) is 21.3 Å². The van der Waals surface area contributed by atoms with Gasteiger partial charge in [0.2, 0.25) is 35.3 Å². The largest absolute Gasteiger partial charge is 0.494 e. The molecule has 0 saturated carbocycles. The van der Waals surface area contributed by atoms with Crippen LogP contribution in [0, 0.1) is 5.41 Å². The number of nitrogens with one attached hydrogen (secondary N) is 4. The predicted octanol–water partition coefficient (Wildman–Crippen LogP) is 1.83. The molecule has 56 heavy (non-hydrogen) atoms. The van der Waals surface area contributed by atoms with Crippen LogP contribution in [0.2, 0.25) is 0 Å². The number of rotatable bonds is 11. The SMILES string of the molecule is CCCC(NC(=O)[C@@H]1C[C@@H]2CN1C(=O)[C@@H](C(C)(C)C)NC(=O)Cc1cccc(c1)OCCCCO2)C(=O)C(=O)NCC(=O)N[C@H](C(=O)N(C)C)c1ccccc1. The number of fused-ring (bicyclic) bond motifs is 4. The van der Waals surface area contributed by atoms with Gasteiger partial charge in [-0.25, -0.2) is 0 Å².